The third-order valence-corrected chi connectivity index (χ3v) is 5.91. The largest absolute Gasteiger partial charge is 0.433 e. The van der Waals surface area contributed by atoms with Gasteiger partial charge in [-0.25, -0.2) is 4.68 Å². The SMILES string of the molecule is O=C(c1ccc(C(F)(F)F)nc1)N1CCC(Cn2nc3c(cc2=O)CCCC3)CC1. The van der Waals surface area contributed by atoms with Crippen molar-refractivity contribution in [2.24, 2.45) is 5.92 Å². The van der Waals surface area contributed by atoms with Gasteiger partial charge in [-0.05, 0) is 62.1 Å². The summed E-state index contributed by atoms with van der Waals surface area (Å²) in [6.07, 6.45) is 1.89. The third-order valence-electron chi connectivity index (χ3n) is 5.91. The quantitative estimate of drug-likeness (QED) is 0.765. The molecule has 2 aliphatic rings. The first-order valence-electron chi connectivity index (χ1n) is 10.2. The molecule has 2 aromatic heterocycles. The van der Waals surface area contributed by atoms with Crippen LogP contribution < -0.4 is 5.56 Å². The number of carbonyl (C=O) groups is 1. The number of rotatable bonds is 3. The number of aryl methyl sites for hydroxylation is 2. The molecular formula is C21H23F3N4O2. The summed E-state index contributed by atoms with van der Waals surface area (Å²) in [5, 5.41) is 4.56. The maximum absolute atomic E-state index is 12.6. The van der Waals surface area contributed by atoms with Crippen molar-refractivity contribution in [1.29, 1.82) is 0 Å². The predicted octanol–water partition coefficient (Wildman–Crippen LogP) is 3.09. The van der Waals surface area contributed by atoms with Gasteiger partial charge in [0.2, 0.25) is 0 Å². The van der Waals surface area contributed by atoms with E-state index >= 15 is 0 Å². The molecule has 0 radical (unpaired) electrons. The van der Waals surface area contributed by atoms with Crippen molar-refractivity contribution in [3.8, 4) is 0 Å². The Balaban J connectivity index is 1.36. The highest BCUT2D eigenvalue weighted by molar-refractivity contribution is 5.94. The lowest BCUT2D eigenvalue weighted by atomic mass is 9.95. The van der Waals surface area contributed by atoms with E-state index in [9.17, 15) is 22.8 Å². The van der Waals surface area contributed by atoms with Crippen LogP contribution in [0.4, 0.5) is 13.2 Å². The summed E-state index contributed by atoms with van der Waals surface area (Å²) < 4.78 is 39.4. The standard InChI is InChI=1S/C21H23F3N4O2/c22-21(23,24)18-6-5-16(12-25-18)20(30)27-9-7-14(8-10-27)13-28-19(29)11-15-3-1-2-4-17(15)26-28/h5-6,11-12,14H,1-4,7-10,13H2. The second-order valence-electron chi connectivity index (χ2n) is 8.01. The minimum absolute atomic E-state index is 0.0787. The number of piperidine rings is 1. The van der Waals surface area contributed by atoms with Gasteiger partial charge in [-0.15, -0.1) is 0 Å². The number of alkyl halides is 3. The smallest absolute Gasteiger partial charge is 0.339 e. The number of fused-ring (bicyclic) bond motifs is 1. The van der Waals surface area contributed by atoms with E-state index in [1.807, 2.05) is 0 Å². The van der Waals surface area contributed by atoms with Crippen LogP contribution in [0.1, 0.15) is 53.0 Å². The maximum atomic E-state index is 12.6. The van der Waals surface area contributed by atoms with Gasteiger partial charge in [-0.1, -0.05) is 0 Å². The first-order valence-corrected chi connectivity index (χ1v) is 10.2. The van der Waals surface area contributed by atoms with E-state index in [1.165, 1.54) is 6.07 Å². The summed E-state index contributed by atoms with van der Waals surface area (Å²) in [6, 6.07) is 3.70. The molecule has 1 saturated heterocycles. The summed E-state index contributed by atoms with van der Waals surface area (Å²) in [5.74, 6) is -0.0923. The van der Waals surface area contributed by atoms with E-state index in [0.717, 1.165) is 49.2 Å². The van der Waals surface area contributed by atoms with Gasteiger partial charge in [0, 0.05) is 31.9 Å². The highest BCUT2D eigenvalue weighted by Gasteiger charge is 2.32. The Morgan fingerprint density at radius 1 is 1.13 bits per heavy atom. The van der Waals surface area contributed by atoms with Crippen LogP contribution in [-0.2, 0) is 25.6 Å². The van der Waals surface area contributed by atoms with E-state index in [0.29, 0.717) is 32.5 Å². The number of halogens is 3. The molecule has 2 aromatic rings. The summed E-state index contributed by atoms with van der Waals surface area (Å²) in [6.45, 7) is 1.50. The molecule has 0 aromatic carbocycles. The molecule has 1 aliphatic carbocycles. The summed E-state index contributed by atoms with van der Waals surface area (Å²) in [4.78, 5) is 29.9. The fourth-order valence-corrected chi connectivity index (χ4v) is 4.17. The molecular weight excluding hydrogens is 397 g/mol. The van der Waals surface area contributed by atoms with Gasteiger partial charge < -0.3 is 4.90 Å². The van der Waals surface area contributed by atoms with E-state index in [1.54, 1.807) is 15.6 Å². The molecule has 1 fully saturated rings. The Labute approximate surface area is 171 Å². The van der Waals surface area contributed by atoms with Crippen LogP contribution in [0.15, 0.2) is 29.2 Å². The van der Waals surface area contributed by atoms with Gasteiger partial charge in [-0.3, -0.25) is 14.6 Å². The van der Waals surface area contributed by atoms with Crippen LogP contribution in [0.3, 0.4) is 0 Å². The zero-order valence-electron chi connectivity index (χ0n) is 16.5. The zero-order chi connectivity index (χ0) is 21.3. The molecule has 30 heavy (non-hydrogen) atoms. The monoisotopic (exact) mass is 420 g/mol. The van der Waals surface area contributed by atoms with Gasteiger partial charge in [0.25, 0.3) is 11.5 Å². The highest BCUT2D eigenvalue weighted by Crippen LogP contribution is 2.27. The number of amides is 1. The van der Waals surface area contributed by atoms with Crippen LogP contribution in [0, 0.1) is 5.92 Å². The third kappa shape index (κ3) is 4.39. The van der Waals surface area contributed by atoms with Crippen LogP contribution in [0.2, 0.25) is 0 Å². The van der Waals surface area contributed by atoms with Crippen LogP contribution in [0.25, 0.3) is 0 Å². The number of carbonyl (C=O) groups excluding carboxylic acids is 1. The number of pyridine rings is 1. The molecule has 0 saturated carbocycles. The summed E-state index contributed by atoms with van der Waals surface area (Å²) in [7, 11) is 0. The lowest BCUT2D eigenvalue weighted by molar-refractivity contribution is -0.141. The maximum Gasteiger partial charge on any atom is 0.433 e. The molecule has 0 bridgehead atoms. The van der Waals surface area contributed by atoms with Gasteiger partial charge in [0.05, 0.1) is 11.3 Å². The van der Waals surface area contributed by atoms with Crippen molar-refractivity contribution in [3.05, 3.63) is 57.3 Å². The molecule has 1 aliphatic heterocycles. The van der Waals surface area contributed by atoms with Crippen molar-refractivity contribution in [2.75, 3.05) is 13.1 Å². The topological polar surface area (TPSA) is 68.1 Å². The molecule has 0 spiro atoms. The number of aromatic nitrogens is 3. The number of hydrogen-bond donors (Lipinski definition) is 0. The summed E-state index contributed by atoms with van der Waals surface area (Å²) >= 11 is 0. The van der Waals surface area contributed by atoms with Crippen molar-refractivity contribution >= 4 is 5.91 Å². The van der Waals surface area contributed by atoms with Crippen molar-refractivity contribution < 1.29 is 18.0 Å². The first kappa shape index (κ1) is 20.6. The molecule has 1 amide bonds. The van der Waals surface area contributed by atoms with E-state index in [2.05, 4.69) is 10.1 Å². The second kappa shape index (κ2) is 8.20. The van der Waals surface area contributed by atoms with Crippen molar-refractivity contribution in [2.45, 2.75) is 51.2 Å². The van der Waals surface area contributed by atoms with Crippen LogP contribution in [0.5, 0.6) is 0 Å². The van der Waals surface area contributed by atoms with Gasteiger partial charge in [0.1, 0.15) is 5.69 Å². The normalized spacial score (nSPS) is 17.6. The van der Waals surface area contributed by atoms with Gasteiger partial charge in [0.15, 0.2) is 0 Å². The van der Waals surface area contributed by atoms with Crippen LogP contribution >= 0.6 is 0 Å². The van der Waals surface area contributed by atoms with E-state index in [-0.39, 0.29) is 22.9 Å². The molecule has 4 rings (SSSR count). The molecule has 6 nitrogen and oxygen atoms in total. The lowest BCUT2D eigenvalue weighted by Gasteiger charge is -2.32. The molecule has 9 heteroatoms. The Hall–Kier alpha value is -2.71. The first-order chi connectivity index (χ1) is 14.3. The van der Waals surface area contributed by atoms with Gasteiger partial charge >= 0.3 is 6.18 Å². The van der Waals surface area contributed by atoms with E-state index < -0.39 is 11.9 Å². The molecule has 0 N–H and O–H groups in total. The zero-order valence-corrected chi connectivity index (χ0v) is 16.5. The average Bonchev–Trinajstić information content (AvgIpc) is 2.74. The lowest BCUT2D eigenvalue weighted by Crippen LogP contribution is -2.40. The van der Waals surface area contributed by atoms with Crippen LogP contribution in [-0.4, -0.2) is 38.7 Å². The fourth-order valence-electron chi connectivity index (χ4n) is 4.17. The minimum atomic E-state index is -4.53. The Morgan fingerprint density at radius 3 is 2.53 bits per heavy atom. The molecule has 3 heterocycles. The van der Waals surface area contributed by atoms with Gasteiger partial charge in [-0.2, -0.15) is 18.3 Å². The molecule has 0 unspecified atom stereocenters. The Morgan fingerprint density at radius 2 is 1.87 bits per heavy atom. The average molecular weight is 420 g/mol. The van der Waals surface area contributed by atoms with Crippen molar-refractivity contribution in [1.82, 2.24) is 19.7 Å². The Kier molecular flexibility index (Phi) is 5.62. The van der Waals surface area contributed by atoms with E-state index in [4.69, 9.17) is 0 Å². The van der Waals surface area contributed by atoms with Crippen molar-refractivity contribution in [3.63, 3.8) is 0 Å². The number of nitrogens with zero attached hydrogens (tertiary/aromatic N) is 4. The highest BCUT2D eigenvalue weighted by atomic mass is 19.4. The second-order valence-corrected chi connectivity index (χ2v) is 8.01. The fraction of sp³-hybridized carbons (Fsp3) is 0.524. The number of hydrogen-bond acceptors (Lipinski definition) is 4. The minimum Gasteiger partial charge on any atom is -0.339 e. The Bertz CT molecular complexity index is 977. The predicted molar refractivity (Wildman–Crippen MR) is 103 cm³/mol. The molecule has 0 atom stereocenters. The number of likely N-dealkylation sites (tertiary alicyclic amines) is 1. The summed E-state index contributed by atoms with van der Waals surface area (Å²) in [5.41, 5.74) is 1.14. The molecule has 160 valence electrons.